The molecule has 25 heavy (non-hydrogen) atoms. The summed E-state index contributed by atoms with van der Waals surface area (Å²) < 4.78 is 25.8. The van der Waals surface area contributed by atoms with Gasteiger partial charge in [-0.3, -0.25) is 0 Å². The highest BCUT2D eigenvalue weighted by molar-refractivity contribution is 5.50. The van der Waals surface area contributed by atoms with Gasteiger partial charge in [-0.25, -0.2) is 0 Å². The van der Waals surface area contributed by atoms with E-state index < -0.39 is 0 Å². The number of hydrogen-bond donors (Lipinski definition) is 1. The van der Waals surface area contributed by atoms with E-state index >= 15 is 0 Å². The van der Waals surface area contributed by atoms with Crippen LogP contribution in [0.15, 0.2) is 0 Å². The molecule has 0 bridgehead atoms. The van der Waals surface area contributed by atoms with Crippen molar-refractivity contribution in [1.29, 1.82) is 0 Å². The van der Waals surface area contributed by atoms with Crippen molar-refractivity contribution in [3.8, 4) is 0 Å². The molecule has 0 aromatic carbocycles. The Balaban J connectivity index is -0.000000450. The van der Waals surface area contributed by atoms with Gasteiger partial charge in [0.2, 0.25) is 0 Å². The number of nitrogens with one attached hydrogen (secondary N) is 1. The average molecular weight is 368 g/mol. The molecule has 0 aromatic rings. The van der Waals surface area contributed by atoms with Crippen LogP contribution in [0.1, 0.15) is 34.6 Å². The van der Waals surface area contributed by atoms with Crippen LogP contribution in [0.25, 0.3) is 0 Å². The number of carbonyl (C=O) groups is 1. The number of likely N-dealkylation sites (N-methyl/N-ethyl adjacent to an activating group) is 1. The van der Waals surface area contributed by atoms with Crippen LogP contribution in [0, 0.1) is 0 Å². The molecule has 0 radical (unpaired) electrons. The normalized spacial score (nSPS) is 9.88. The molecule has 0 rings (SSSR count). The van der Waals surface area contributed by atoms with Gasteiger partial charge in [-0.15, -0.1) is 0 Å². The quantitative estimate of drug-likeness (QED) is 0.330. The predicted octanol–water partition coefficient (Wildman–Crippen LogP) is 1.93. The van der Waals surface area contributed by atoms with Gasteiger partial charge in [0, 0.05) is 13.2 Å². The first kappa shape index (κ1) is 29.2. The highest BCUT2D eigenvalue weighted by Gasteiger charge is 1.91. The summed E-state index contributed by atoms with van der Waals surface area (Å²) in [6, 6.07) is 0. The molecule has 0 fully saturated rings. The largest absolute Gasteiger partial charge is 0.379 e. The minimum atomic E-state index is 0.171. The Morgan fingerprint density at radius 2 is 1.28 bits per heavy atom. The Bertz CT molecular complexity index is 204. The lowest BCUT2D eigenvalue weighted by Gasteiger charge is -2.06. The maximum absolute atomic E-state index is 9.58. The highest BCUT2D eigenvalue weighted by atomic mass is 16.6. The van der Waals surface area contributed by atoms with Crippen molar-refractivity contribution in [2.45, 2.75) is 40.7 Å². The molecule has 7 heteroatoms. The molecule has 0 aliphatic rings. The topological polar surface area (TPSA) is 75.3 Å². The van der Waals surface area contributed by atoms with E-state index in [1.165, 1.54) is 0 Å². The third kappa shape index (κ3) is 39.9. The fourth-order valence-electron chi connectivity index (χ4n) is 1.21. The Labute approximate surface area is 154 Å². The third-order valence-electron chi connectivity index (χ3n) is 2.31. The van der Waals surface area contributed by atoms with Gasteiger partial charge < -0.3 is 33.8 Å². The average Bonchev–Trinajstić information content (AvgIpc) is 2.63. The molecule has 154 valence electrons. The summed E-state index contributed by atoms with van der Waals surface area (Å²) in [5.74, 6) is 0. The lowest BCUT2D eigenvalue weighted by molar-refractivity contribution is -0.113. The number of aldehydes is 1. The van der Waals surface area contributed by atoms with E-state index in [1.54, 1.807) is 0 Å². The van der Waals surface area contributed by atoms with Gasteiger partial charge in [0.1, 0.15) is 12.9 Å². The first-order chi connectivity index (χ1) is 12.2. The van der Waals surface area contributed by atoms with Gasteiger partial charge in [0.25, 0.3) is 0 Å². The minimum absolute atomic E-state index is 0.171. The molecule has 0 atom stereocenters. The Kier molecular flexibility index (Phi) is 36.5. The zero-order chi connectivity index (χ0) is 19.6. The molecule has 0 aromatic heterocycles. The fraction of sp³-hybridized carbons (Fsp3) is 0.944. The van der Waals surface area contributed by atoms with Crippen LogP contribution >= 0.6 is 0 Å². The van der Waals surface area contributed by atoms with Crippen molar-refractivity contribution in [1.82, 2.24) is 5.32 Å². The summed E-state index contributed by atoms with van der Waals surface area (Å²) in [6.07, 6.45) is 0.921. The van der Waals surface area contributed by atoms with E-state index in [0.717, 1.165) is 26.0 Å². The zero-order valence-electron chi connectivity index (χ0n) is 17.2. The first-order valence-electron chi connectivity index (χ1n) is 9.19. The van der Waals surface area contributed by atoms with Crippen LogP contribution in [0.4, 0.5) is 0 Å². The molecule has 0 saturated carbocycles. The van der Waals surface area contributed by atoms with Crippen molar-refractivity contribution in [3.63, 3.8) is 0 Å². The minimum Gasteiger partial charge on any atom is -0.379 e. The monoisotopic (exact) mass is 367 g/mol. The van der Waals surface area contributed by atoms with Crippen LogP contribution in [-0.2, 0) is 28.5 Å². The standard InChI is InChI=1S/C11H25NO4.C5H10O2.C2H6/c1-3-13-6-7-15-10-11-16-9-8-14-5-4-12-2;1-5(2)7-4-3-6;1-2/h12H,3-11H2,1-2H3;3,5H,4H2,1-2H3;1-2H3. The highest BCUT2D eigenvalue weighted by Crippen LogP contribution is 1.83. The molecule has 1 N–H and O–H groups in total. The van der Waals surface area contributed by atoms with Gasteiger partial charge >= 0.3 is 0 Å². The summed E-state index contributed by atoms with van der Waals surface area (Å²) >= 11 is 0. The van der Waals surface area contributed by atoms with Crippen LogP contribution < -0.4 is 5.32 Å². The van der Waals surface area contributed by atoms with Gasteiger partial charge in [-0.05, 0) is 27.8 Å². The molecular formula is C18H41NO6. The van der Waals surface area contributed by atoms with E-state index in [0.29, 0.717) is 39.6 Å². The van der Waals surface area contributed by atoms with E-state index in [-0.39, 0.29) is 12.7 Å². The van der Waals surface area contributed by atoms with Crippen molar-refractivity contribution < 1.29 is 28.5 Å². The Hall–Kier alpha value is -0.570. The van der Waals surface area contributed by atoms with Gasteiger partial charge in [-0.1, -0.05) is 13.8 Å². The van der Waals surface area contributed by atoms with Crippen LogP contribution in [-0.4, -0.2) is 85.4 Å². The van der Waals surface area contributed by atoms with Gasteiger partial charge in [0.15, 0.2) is 0 Å². The SMILES string of the molecule is CC.CC(C)OCC=O.CCOCCOCCOCCOCCNC. The van der Waals surface area contributed by atoms with Crippen molar-refractivity contribution in [2.24, 2.45) is 0 Å². The maximum Gasteiger partial charge on any atom is 0.145 e. The predicted molar refractivity (Wildman–Crippen MR) is 101 cm³/mol. The molecule has 0 saturated heterocycles. The number of carbonyl (C=O) groups excluding carboxylic acids is 1. The fourth-order valence-corrected chi connectivity index (χ4v) is 1.21. The van der Waals surface area contributed by atoms with E-state index in [4.69, 9.17) is 23.7 Å². The lowest BCUT2D eigenvalue weighted by Crippen LogP contribution is -2.17. The second-order valence-electron chi connectivity index (χ2n) is 4.69. The molecule has 0 aliphatic carbocycles. The van der Waals surface area contributed by atoms with Crippen LogP contribution in [0.5, 0.6) is 0 Å². The summed E-state index contributed by atoms with van der Waals surface area (Å²) in [6.45, 7) is 16.1. The van der Waals surface area contributed by atoms with Gasteiger partial charge in [-0.2, -0.15) is 0 Å². The van der Waals surface area contributed by atoms with E-state index in [1.807, 2.05) is 41.7 Å². The molecule has 0 heterocycles. The van der Waals surface area contributed by atoms with Crippen LogP contribution in [0.3, 0.4) is 0 Å². The Morgan fingerprint density at radius 3 is 1.60 bits per heavy atom. The molecule has 0 unspecified atom stereocenters. The second-order valence-corrected chi connectivity index (χ2v) is 4.69. The number of ether oxygens (including phenoxy) is 5. The van der Waals surface area contributed by atoms with Gasteiger partial charge in [0.05, 0.1) is 52.4 Å². The Morgan fingerprint density at radius 1 is 0.840 bits per heavy atom. The van der Waals surface area contributed by atoms with Crippen molar-refractivity contribution in [3.05, 3.63) is 0 Å². The molecular weight excluding hydrogens is 326 g/mol. The lowest BCUT2D eigenvalue weighted by atomic mass is 10.5. The summed E-state index contributed by atoms with van der Waals surface area (Å²) in [7, 11) is 1.90. The zero-order valence-corrected chi connectivity index (χ0v) is 17.2. The van der Waals surface area contributed by atoms with Crippen molar-refractivity contribution >= 4 is 6.29 Å². The van der Waals surface area contributed by atoms with E-state index in [9.17, 15) is 4.79 Å². The van der Waals surface area contributed by atoms with Crippen LogP contribution in [0.2, 0.25) is 0 Å². The maximum atomic E-state index is 9.58. The summed E-state index contributed by atoms with van der Waals surface area (Å²) in [5, 5.41) is 3.01. The van der Waals surface area contributed by atoms with Crippen molar-refractivity contribution in [2.75, 3.05) is 73.1 Å². The molecule has 0 aliphatic heterocycles. The summed E-state index contributed by atoms with van der Waals surface area (Å²) in [4.78, 5) is 9.58. The molecule has 7 nitrogen and oxygen atoms in total. The molecule has 0 spiro atoms. The second kappa shape index (κ2) is 31.2. The first-order valence-corrected chi connectivity index (χ1v) is 9.19. The third-order valence-corrected chi connectivity index (χ3v) is 2.31. The summed E-state index contributed by atoms with van der Waals surface area (Å²) in [5.41, 5.74) is 0. The number of rotatable bonds is 16. The molecule has 0 amide bonds. The van der Waals surface area contributed by atoms with E-state index in [2.05, 4.69) is 5.32 Å². The smallest absolute Gasteiger partial charge is 0.145 e. The number of hydrogen-bond acceptors (Lipinski definition) is 7.